The SMILES string of the molecule is CC(NCC(C)S(C)=O)C(=O)OC(C)(C)C. The summed E-state index contributed by atoms with van der Waals surface area (Å²) in [6, 6.07) is -0.370. The van der Waals surface area contributed by atoms with Crippen LogP contribution in [0.1, 0.15) is 34.6 Å². The molecule has 5 heteroatoms. The molecule has 0 heterocycles. The second kappa shape index (κ2) is 6.35. The van der Waals surface area contributed by atoms with E-state index in [1.54, 1.807) is 13.2 Å². The van der Waals surface area contributed by atoms with Crippen molar-refractivity contribution in [3.8, 4) is 0 Å². The smallest absolute Gasteiger partial charge is 0.323 e. The van der Waals surface area contributed by atoms with Crippen molar-refractivity contribution in [2.45, 2.75) is 51.5 Å². The molecule has 4 nitrogen and oxygen atoms in total. The van der Waals surface area contributed by atoms with Crippen LogP contribution in [0.25, 0.3) is 0 Å². The van der Waals surface area contributed by atoms with E-state index in [0.717, 1.165) is 0 Å². The van der Waals surface area contributed by atoms with E-state index in [2.05, 4.69) is 5.32 Å². The molecule has 0 aromatic heterocycles. The minimum absolute atomic E-state index is 0.0323. The Morgan fingerprint density at radius 1 is 1.38 bits per heavy atom. The Balaban J connectivity index is 4.02. The van der Waals surface area contributed by atoms with Gasteiger partial charge in [-0.25, -0.2) is 0 Å². The molecular weight excluding hydrogens is 226 g/mol. The molecule has 0 aliphatic heterocycles. The molecule has 0 aliphatic carbocycles. The van der Waals surface area contributed by atoms with Gasteiger partial charge in [-0.15, -0.1) is 0 Å². The first-order valence-corrected chi connectivity index (χ1v) is 7.04. The second-order valence-corrected chi connectivity index (χ2v) is 6.77. The lowest BCUT2D eigenvalue weighted by molar-refractivity contribution is -0.156. The van der Waals surface area contributed by atoms with Crippen LogP contribution in [0.4, 0.5) is 0 Å². The van der Waals surface area contributed by atoms with Crippen molar-refractivity contribution in [2.24, 2.45) is 0 Å². The van der Waals surface area contributed by atoms with Crippen LogP contribution < -0.4 is 5.32 Å². The molecule has 96 valence electrons. The molecule has 0 spiro atoms. The average Bonchev–Trinajstić information content (AvgIpc) is 2.10. The van der Waals surface area contributed by atoms with Crippen molar-refractivity contribution in [2.75, 3.05) is 12.8 Å². The van der Waals surface area contributed by atoms with Gasteiger partial charge in [-0.05, 0) is 34.6 Å². The molecule has 3 atom stereocenters. The molecule has 0 aromatic rings. The topological polar surface area (TPSA) is 55.4 Å². The molecule has 0 radical (unpaired) electrons. The van der Waals surface area contributed by atoms with Gasteiger partial charge in [0.1, 0.15) is 11.6 Å². The van der Waals surface area contributed by atoms with Gasteiger partial charge in [0, 0.05) is 28.9 Å². The Hall–Kier alpha value is -0.420. The molecule has 0 amide bonds. The van der Waals surface area contributed by atoms with E-state index >= 15 is 0 Å². The predicted octanol–water partition coefficient (Wildman–Crippen LogP) is 1.07. The Bertz CT molecular complexity index is 260. The third kappa shape index (κ3) is 6.95. The van der Waals surface area contributed by atoms with E-state index in [1.807, 2.05) is 27.7 Å². The van der Waals surface area contributed by atoms with Crippen molar-refractivity contribution in [3.05, 3.63) is 0 Å². The van der Waals surface area contributed by atoms with E-state index in [9.17, 15) is 9.00 Å². The zero-order valence-corrected chi connectivity index (χ0v) is 11.8. The second-order valence-electron chi connectivity index (χ2n) is 4.97. The summed E-state index contributed by atoms with van der Waals surface area (Å²) < 4.78 is 16.3. The third-order valence-electron chi connectivity index (χ3n) is 2.04. The lowest BCUT2D eigenvalue weighted by Crippen LogP contribution is -2.42. The number of rotatable bonds is 5. The van der Waals surface area contributed by atoms with Crippen LogP contribution in [0.3, 0.4) is 0 Å². The van der Waals surface area contributed by atoms with Gasteiger partial charge in [0.25, 0.3) is 0 Å². The minimum Gasteiger partial charge on any atom is -0.459 e. The van der Waals surface area contributed by atoms with E-state index in [4.69, 9.17) is 4.74 Å². The van der Waals surface area contributed by atoms with Crippen LogP contribution in [0, 0.1) is 0 Å². The van der Waals surface area contributed by atoms with Crippen molar-refractivity contribution < 1.29 is 13.7 Å². The summed E-state index contributed by atoms with van der Waals surface area (Å²) in [4.78, 5) is 11.6. The highest BCUT2D eigenvalue weighted by Crippen LogP contribution is 2.08. The molecule has 0 fully saturated rings. The van der Waals surface area contributed by atoms with Gasteiger partial charge < -0.3 is 10.1 Å². The van der Waals surface area contributed by atoms with Crippen molar-refractivity contribution in [1.82, 2.24) is 5.32 Å². The largest absolute Gasteiger partial charge is 0.459 e. The fourth-order valence-corrected chi connectivity index (χ4v) is 1.26. The summed E-state index contributed by atoms with van der Waals surface area (Å²) in [7, 11) is -0.874. The summed E-state index contributed by atoms with van der Waals surface area (Å²) in [6.45, 7) is 9.68. The molecule has 0 aromatic carbocycles. The van der Waals surface area contributed by atoms with Crippen molar-refractivity contribution >= 4 is 16.8 Å². The highest BCUT2D eigenvalue weighted by molar-refractivity contribution is 7.84. The predicted molar refractivity (Wildman–Crippen MR) is 66.8 cm³/mol. The summed E-state index contributed by atoms with van der Waals surface area (Å²) in [5.74, 6) is -0.276. The van der Waals surface area contributed by atoms with Crippen LogP contribution in [0.5, 0.6) is 0 Å². The first-order valence-electron chi connectivity index (χ1n) is 5.42. The quantitative estimate of drug-likeness (QED) is 0.741. The fraction of sp³-hybridized carbons (Fsp3) is 0.909. The number of carbonyl (C=O) groups excluding carboxylic acids is 1. The van der Waals surface area contributed by atoms with Crippen LogP contribution in [-0.2, 0) is 20.3 Å². The third-order valence-corrected chi connectivity index (χ3v) is 3.34. The summed E-state index contributed by atoms with van der Waals surface area (Å²) in [5, 5.41) is 3.05. The Morgan fingerprint density at radius 3 is 2.25 bits per heavy atom. The first-order chi connectivity index (χ1) is 7.13. The normalized spacial score (nSPS) is 17.6. The molecule has 16 heavy (non-hydrogen) atoms. The molecule has 0 bridgehead atoms. The molecule has 0 saturated carbocycles. The maximum absolute atomic E-state index is 11.6. The number of nitrogens with one attached hydrogen (secondary N) is 1. The van der Waals surface area contributed by atoms with E-state index in [-0.39, 0.29) is 17.3 Å². The molecular formula is C11H23NO3S. The van der Waals surface area contributed by atoms with Gasteiger partial charge >= 0.3 is 5.97 Å². The van der Waals surface area contributed by atoms with Crippen LogP contribution >= 0.6 is 0 Å². The van der Waals surface area contributed by atoms with Crippen molar-refractivity contribution in [3.63, 3.8) is 0 Å². The Labute approximate surface area is 101 Å². The van der Waals surface area contributed by atoms with Gasteiger partial charge in [0.2, 0.25) is 0 Å². The standard InChI is InChI=1S/C11H23NO3S/c1-8(16(6)14)7-12-9(2)10(13)15-11(3,4)5/h8-9,12H,7H2,1-6H3. The summed E-state index contributed by atoms with van der Waals surface area (Å²) in [5.41, 5.74) is -0.466. The lowest BCUT2D eigenvalue weighted by Gasteiger charge is -2.23. The molecule has 1 N–H and O–H groups in total. The van der Waals surface area contributed by atoms with E-state index in [0.29, 0.717) is 6.54 Å². The molecule has 0 rings (SSSR count). The average molecular weight is 249 g/mol. The molecule has 0 aliphatic rings. The Kier molecular flexibility index (Phi) is 6.18. The van der Waals surface area contributed by atoms with Crippen LogP contribution in [0.2, 0.25) is 0 Å². The Morgan fingerprint density at radius 2 is 1.88 bits per heavy atom. The highest BCUT2D eigenvalue weighted by atomic mass is 32.2. The number of hydrogen-bond acceptors (Lipinski definition) is 4. The van der Waals surface area contributed by atoms with Gasteiger partial charge in [0.05, 0.1) is 0 Å². The first kappa shape index (κ1) is 15.6. The number of esters is 1. The molecule has 0 saturated heterocycles. The maximum Gasteiger partial charge on any atom is 0.323 e. The minimum atomic E-state index is -0.874. The lowest BCUT2D eigenvalue weighted by atomic mass is 10.2. The number of hydrogen-bond donors (Lipinski definition) is 1. The van der Waals surface area contributed by atoms with Gasteiger partial charge in [-0.3, -0.25) is 9.00 Å². The van der Waals surface area contributed by atoms with Crippen LogP contribution in [-0.4, -0.2) is 39.9 Å². The van der Waals surface area contributed by atoms with Gasteiger partial charge in [0.15, 0.2) is 0 Å². The summed E-state index contributed by atoms with van der Waals surface area (Å²) in [6.07, 6.45) is 1.66. The van der Waals surface area contributed by atoms with Crippen molar-refractivity contribution in [1.29, 1.82) is 0 Å². The van der Waals surface area contributed by atoms with E-state index < -0.39 is 16.4 Å². The number of carbonyl (C=O) groups is 1. The van der Waals surface area contributed by atoms with E-state index in [1.165, 1.54) is 0 Å². The zero-order chi connectivity index (χ0) is 12.9. The van der Waals surface area contributed by atoms with Gasteiger partial charge in [-0.2, -0.15) is 0 Å². The van der Waals surface area contributed by atoms with Gasteiger partial charge in [-0.1, -0.05) is 0 Å². The summed E-state index contributed by atoms with van der Waals surface area (Å²) >= 11 is 0. The maximum atomic E-state index is 11.6. The molecule has 3 unspecified atom stereocenters. The number of ether oxygens (including phenoxy) is 1. The monoisotopic (exact) mass is 249 g/mol. The highest BCUT2D eigenvalue weighted by Gasteiger charge is 2.21. The fourth-order valence-electron chi connectivity index (χ4n) is 0.934. The van der Waals surface area contributed by atoms with Crippen LogP contribution in [0.15, 0.2) is 0 Å². The zero-order valence-electron chi connectivity index (χ0n) is 11.0.